The molecule has 2 aromatic heterocycles. The first-order valence-electron chi connectivity index (χ1n) is 4.99. The summed E-state index contributed by atoms with van der Waals surface area (Å²) in [7, 11) is 0. The van der Waals surface area contributed by atoms with E-state index in [2.05, 4.69) is 15.0 Å². The van der Waals surface area contributed by atoms with Crippen LogP contribution in [0, 0.1) is 5.92 Å². The van der Waals surface area contributed by atoms with Crippen LogP contribution < -0.4 is 0 Å². The maximum absolute atomic E-state index is 11.7. The third kappa shape index (κ3) is 2.03. The number of rotatable bonds is 3. The van der Waals surface area contributed by atoms with Gasteiger partial charge in [0.15, 0.2) is 11.6 Å². The molecular formula is C11H13N3O. The number of Topliss-reactive ketones (excluding diaryl/α,β-unsaturated/α-hetero) is 1. The van der Waals surface area contributed by atoms with Gasteiger partial charge in [-0.3, -0.25) is 9.78 Å². The minimum Gasteiger partial charge on any atom is -0.334 e. The molecule has 2 rings (SSSR count). The second kappa shape index (κ2) is 3.81. The highest BCUT2D eigenvalue weighted by Crippen LogP contribution is 2.12. The van der Waals surface area contributed by atoms with Gasteiger partial charge in [0.25, 0.3) is 0 Å². The van der Waals surface area contributed by atoms with Crippen molar-refractivity contribution in [3.63, 3.8) is 0 Å². The minimum absolute atomic E-state index is 0.0567. The Hall–Kier alpha value is -1.71. The van der Waals surface area contributed by atoms with Crippen LogP contribution in [-0.4, -0.2) is 20.7 Å². The standard InChI is InChI=1S/C11H13N3O/c1-7(2)5-10(15)11-13-8-3-4-12-6-9(8)14-11/h3-4,6-7H,5H2,1-2H3,(H,13,14). The zero-order valence-corrected chi connectivity index (χ0v) is 8.82. The largest absolute Gasteiger partial charge is 0.334 e. The number of carbonyl (C=O) groups is 1. The average molecular weight is 203 g/mol. The number of fused-ring (bicyclic) bond motifs is 1. The van der Waals surface area contributed by atoms with Crippen LogP contribution in [0.4, 0.5) is 0 Å². The number of imidazole rings is 1. The summed E-state index contributed by atoms with van der Waals surface area (Å²) in [6, 6.07) is 1.79. The fraction of sp³-hybridized carbons (Fsp3) is 0.364. The van der Waals surface area contributed by atoms with Gasteiger partial charge in [-0.15, -0.1) is 0 Å². The van der Waals surface area contributed by atoms with Crippen molar-refractivity contribution in [3.8, 4) is 0 Å². The fourth-order valence-electron chi connectivity index (χ4n) is 1.46. The van der Waals surface area contributed by atoms with Gasteiger partial charge in [-0.2, -0.15) is 0 Å². The highest BCUT2D eigenvalue weighted by atomic mass is 16.1. The van der Waals surface area contributed by atoms with Crippen molar-refractivity contribution in [2.75, 3.05) is 0 Å². The number of aromatic nitrogens is 3. The number of hydrogen-bond donors (Lipinski definition) is 1. The van der Waals surface area contributed by atoms with Gasteiger partial charge in [0, 0.05) is 12.6 Å². The molecule has 0 unspecified atom stereocenters. The number of hydrogen-bond acceptors (Lipinski definition) is 3. The predicted octanol–water partition coefficient (Wildman–Crippen LogP) is 2.19. The van der Waals surface area contributed by atoms with Crippen LogP contribution in [0.3, 0.4) is 0 Å². The van der Waals surface area contributed by atoms with Gasteiger partial charge < -0.3 is 4.98 Å². The molecule has 2 heterocycles. The van der Waals surface area contributed by atoms with E-state index in [9.17, 15) is 4.79 Å². The van der Waals surface area contributed by atoms with Gasteiger partial charge in [-0.1, -0.05) is 13.8 Å². The topological polar surface area (TPSA) is 58.6 Å². The highest BCUT2D eigenvalue weighted by Gasteiger charge is 2.12. The summed E-state index contributed by atoms with van der Waals surface area (Å²) in [5.74, 6) is 0.844. The lowest BCUT2D eigenvalue weighted by molar-refractivity contribution is 0.0959. The molecule has 0 fully saturated rings. The third-order valence-electron chi connectivity index (χ3n) is 2.14. The van der Waals surface area contributed by atoms with E-state index in [1.165, 1.54) is 0 Å². The fourth-order valence-corrected chi connectivity index (χ4v) is 1.46. The lowest BCUT2D eigenvalue weighted by Gasteiger charge is -1.99. The van der Waals surface area contributed by atoms with Crippen molar-refractivity contribution in [3.05, 3.63) is 24.3 Å². The Kier molecular flexibility index (Phi) is 2.49. The molecule has 1 N–H and O–H groups in total. The summed E-state index contributed by atoms with van der Waals surface area (Å²) in [4.78, 5) is 22.9. The first-order chi connectivity index (χ1) is 7.16. The smallest absolute Gasteiger partial charge is 0.198 e. The zero-order valence-electron chi connectivity index (χ0n) is 8.82. The summed E-state index contributed by atoms with van der Waals surface area (Å²) >= 11 is 0. The van der Waals surface area contributed by atoms with Crippen molar-refractivity contribution in [1.29, 1.82) is 0 Å². The summed E-state index contributed by atoms with van der Waals surface area (Å²) in [5.41, 5.74) is 1.60. The molecule has 0 spiro atoms. The Balaban J connectivity index is 2.32. The molecule has 0 saturated heterocycles. The molecule has 4 nitrogen and oxygen atoms in total. The lowest BCUT2D eigenvalue weighted by Crippen LogP contribution is -2.05. The molecule has 2 aromatic rings. The number of carbonyl (C=O) groups excluding carboxylic acids is 1. The highest BCUT2D eigenvalue weighted by molar-refractivity contribution is 5.95. The molecule has 0 atom stereocenters. The van der Waals surface area contributed by atoms with Crippen LogP contribution in [0.25, 0.3) is 11.0 Å². The molecule has 4 heteroatoms. The van der Waals surface area contributed by atoms with Crippen LogP contribution in [-0.2, 0) is 0 Å². The summed E-state index contributed by atoms with van der Waals surface area (Å²) in [6.07, 6.45) is 3.86. The van der Waals surface area contributed by atoms with Gasteiger partial charge >= 0.3 is 0 Å². The first-order valence-corrected chi connectivity index (χ1v) is 4.99. The summed E-state index contributed by atoms with van der Waals surface area (Å²) < 4.78 is 0. The van der Waals surface area contributed by atoms with E-state index in [1.54, 1.807) is 18.5 Å². The normalized spacial score (nSPS) is 11.1. The van der Waals surface area contributed by atoms with Crippen molar-refractivity contribution >= 4 is 16.8 Å². The number of ketones is 1. The molecule has 78 valence electrons. The SMILES string of the molecule is CC(C)CC(=O)c1nc2ccncc2[nH]1. The number of H-pyrrole nitrogens is 1. The maximum atomic E-state index is 11.7. The Morgan fingerprint density at radius 1 is 1.53 bits per heavy atom. The number of pyridine rings is 1. The monoisotopic (exact) mass is 203 g/mol. The minimum atomic E-state index is 0.0567. The molecule has 0 saturated carbocycles. The maximum Gasteiger partial charge on any atom is 0.198 e. The van der Waals surface area contributed by atoms with Gasteiger partial charge in [0.1, 0.15) is 0 Å². The van der Waals surface area contributed by atoms with E-state index in [0.717, 1.165) is 11.0 Å². The van der Waals surface area contributed by atoms with E-state index in [4.69, 9.17) is 0 Å². The molecule has 0 bridgehead atoms. The van der Waals surface area contributed by atoms with E-state index < -0.39 is 0 Å². The Morgan fingerprint density at radius 2 is 2.33 bits per heavy atom. The quantitative estimate of drug-likeness (QED) is 0.778. The van der Waals surface area contributed by atoms with E-state index in [1.807, 2.05) is 13.8 Å². The molecule has 0 aliphatic carbocycles. The average Bonchev–Trinajstić information content (AvgIpc) is 2.59. The van der Waals surface area contributed by atoms with Crippen molar-refractivity contribution < 1.29 is 4.79 Å². The van der Waals surface area contributed by atoms with Crippen molar-refractivity contribution in [2.24, 2.45) is 5.92 Å². The van der Waals surface area contributed by atoms with E-state index >= 15 is 0 Å². The number of nitrogens with zero attached hydrogens (tertiary/aromatic N) is 2. The second-order valence-corrected chi connectivity index (χ2v) is 4.00. The Bertz CT molecular complexity index is 454. The van der Waals surface area contributed by atoms with Gasteiger partial charge in [0.2, 0.25) is 0 Å². The molecule has 0 aliphatic heterocycles. The van der Waals surface area contributed by atoms with Crippen molar-refractivity contribution in [2.45, 2.75) is 20.3 Å². The first kappa shape index (κ1) is 9.83. The third-order valence-corrected chi connectivity index (χ3v) is 2.14. The Morgan fingerprint density at radius 3 is 3.00 bits per heavy atom. The van der Waals surface area contributed by atoms with E-state index in [-0.39, 0.29) is 5.78 Å². The van der Waals surface area contributed by atoms with Crippen LogP contribution >= 0.6 is 0 Å². The molecule has 0 amide bonds. The van der Waals surface area contributed by atoms with Gasteiger partial charge in [-0.25, -0.2) is 4.98 Å². The van der Waals surface area contributed by atoms with Crippen LogP contribution in [0.15, 0.2) is 18.5 Å². The summed E-state index contributed by atoms with van der Waals surface area (Å²) in [5, 5.41) is 0. The van der Waals surface area contributed by atoms with Crippen molar-refractivity contribution in [1.82, 2.24) is 15.0 Å². The predicted molar refractivity (Wildman–Crippen MR) is 57.7 cm³/mol. The van der Waals surface area contributed by atoms with Crippen LogP contribution in [0.2, 0.25) is 0 Å². The number of aromatic amines is 1. The number of nitrogens with one attached hydrogen (secondary N) is 1. The second-order valence-electron chi connectivity index (χ2n) is 4.00. The molecule has 15 heavy (non-hydrogen) atoms. The van der Waals surface area contributed by atoms with E-state index in [0.29, 0.717) is 18.2 Å². The lowest BCUT2D eigenvalue weighted by atomic mass is 10.1. The molecule has 0 aliphatic rings. The van der Waals surface area contributed by atoms with Crippen LogP contribution in [0.1, 0.15) is 30.9 Å². The molecular weight excluding hydrogens is 190 g/mol. The zero-order chi connectivity index (χ0) is 10.8. The molecule has 0 aromatic carbocycles. The van der Waals surface area contributed by atoms with Gasteiger partial charge in [-0.05, 0) is 12.0 Å². The van der Waals surface area contributed by atoms with Gasteiger partial charge in [0.05, 0.1) is 17.2 Å². The van der Waals surface area contributed by atoms with Crippen LogP contribution in [0.5, 0.6) is 0 Å². The summed E-state index contributed by atoms with van der Waals surface area (Å²) in [6.45, 7) is 4.03. The Labute approximate surface area is 87.7 Å². The molecule has 0 radical (unpaired) electrons.